The topological polar surface area (TPSA) is 57.0 Å². The van der Waals surface area contributed by atoms with Crippen LogP contribution in [0.4, 0.5) is 5.82 Å². The maximum atomic E-state index is 13.5. The number of anilines is 1. The van der Waals surface area contributed by atoms with E-state index in [1.807, 2.05) is 30.5 Å². The van der Waals surface area contributed by atoms with Crippen LogP contribution in [0.1, 0.15) is 47.9 Å². The average Bonchev–Trinajstić information content (AvgIpc) is 3.65. The summed E-state index contributed by atoms with van der Waals surface area (Å²) in [5.74, 6) is 3.29. The number of amides is 1. The van der Waals surface area contributed by atoms with Crippen LogP contribution in [-0.4, -0.2) is 75.9 Å². The fraction of sp³-hybridized carbons (Fsp3) is 0.500. The zero-order chi connectivity index (χ0) is 22.2. The molecule has 1 saturated carbocycles. The van der Waals surface area contributed by atoms with Crippen molar-refractivity contribution < 1.29 is 4.79 Å². The second-order valence-electron chi connectivity index (χ2n) is 9.78. The minimum Gasteiger partial charge on any atom is -0.354 e. The number of piperidine rings is 1. The molecule has 33 heavy (non-hydrogen) atoms. The lowest BCUT2D eigenvalue weighted by Gasteiger charge is -2.39. The second kappa shape index (κ2) is 8.78. The Balaban J connectivity index is 1.10. The normalized spacial score (nSPS) is 22.1. The van der Waals surface area contributed by atoms with Crippen LogP contribution in [0.25, 0.3) is 5.52 Å². The molecule has 5 heterocycles. The van der Waals surface area contributed by atoms with E-state index in [1.165, 1.54) is 19.3 Å². The molecule has 0 radical (unpaired) electrons. The van der Waals surface area contributed by atoms with Gasteiger partial charge in [0.15, 0.2) is 5.69 Å². The van der Waals surface area contributed by atoms with E-state index < -0.39 is 0 Å². The Kier molecular flexibility index (Phi) is 5.50. The van der Waals surface area contributed by atoms with E-state index in [4.69, 9.17) is 4.98 Å². The van der Waals surface area contributed by atoms with Crippen LogP contribution in [0.15, 0.2) is 48.8 Å². The molecular weight excluding hydrogens is 412 g/mol. The summed E-state index contributed by atoms with van der Waals surface area (Å²) in [5, 5.41) is 0. The van der Waals surface area contributed by atoms with Crippen LogP contribution in [0, 0.1) is 5.92 Å². The molecule has 3 aliphatic rings. The van der Waals surface area contributed by atoms with E-state index in [9.17, 15) is 4.79 Å². The van der Waals surface area contributed by atoms with E-state index in [-0.39, 0.29) is 5.91 Å². The largest absolute Gasteiger partial charge is 0.354 e. The van der Waals surface area contributed by atoms with E-state index in [2.05, 4.69) is 42.4 Å². The maximum Gasteiger partial charge on any atom is 0.274 e. The molecule has 6 rings (SSSR count). The number of nitrogens with zero attached hydrogens (tertiary/aromatic N) is 6. The van der Waals surface area contributed by atoms with Crippen LogP contribution in [-0.2, 0) is 0 Å². The van der Waals surface area contributed by atoms with Gasteiger partial charge in [-0.25, -0.2) is 9.97 Å². The molecule has 1 amide bonds. The van der Waals surface area contributed by atoms with Crippen molar-refractivity contribution in [3.63, 3.8) is 0 Å². The predicted octanol–water partition coefficient (Wildman–Crippen LogP) is 3.28. The van der Waals surface area contributed by atoms with Crippen molar-refractivity contribution in [3.05, 3.63) is 60.3 Å². The minimum atomic E-state index is 0.107. The summed E-state index contributed by atoms with van der Waals surface area (Å²) in [7, 11) is 0. The van der Waals surface area contributed by atoms with E-state index >= 15 is 0 Å². The third-order valence-electron chi connectivity index (χ3n) is 7.39. The predicted molar refractivity (Wildman–Crippen MR) is 129 cm³/mol. The Bertz CT molecular complexity index is 1120. The number of hydrogen-bond donors (Lipinski definition) is 0. The summed E-state index contributed by atoms with van der Waals surface area (Å²) in [6, 6.07) is 12.2. The minimum absolute atomic E-state index is 0.107. The third kappa shape index (κ3) is 4.22. The Morgan fingerprint density at radius 1 is 0.970 bits per heavy atom. The van der Waals surface area contributed by atoms with Crippen molar-refractivity contribution >= 4 is 17.2 Å². The number of likely N-dealkylation sites (tertiary alicyclic amines) is 1. The molecule has 0 spiro atoms. The SMILES string of the molecule is O=C(c1nc(C2CC2)n2ccccc12)N1CCC[C@@H](CN2CCN(c3ccccn3)CC2)C1. The highest BCUT2D eigenvalue weighted by Crippen LogP contribution is 2.40. The van der Waals surface area contributed by atoms with Gasteiger partial charge in [0.1, 0.15) is 11.6 Å². The summed E-state index contributed by atoms with van der Waals surface area (Å²) in [5.41, 5.74) is 1.60. The number of aromatic nitrogens is 3. The van der Waals surface area contributed by atoms with Crippen LogP contribution < -0.4 is 4.90 Å². The fourth-order valence-electron chi connectivity index (χ4n) is 5.46. The molecule has 1 aliphatic carbocycles. The van der Waals surface area contributed by atoms with Gasteiger partial charge in [-0.1, -0.05) is 12.1 Å². The number of hydrogen-bond acceptors (Lipinski definition) is 5. The van der Waals surface area contributed by atoms with Crippen LogP contribution in [0.2, 0.25) is 0 Å². The summed E-state index contributed by atoms with van der Waals surface area (Å²) in [6.45, 7) is 6.87. The van der Waals surface area contributed by atoms with Gasteiger partial charge < -0.3 is 14.2 Å². The third-order valence-corrected chi connectivity index (χ3v) is 7.39. The number of carbonyl (C=O) groups excluding carboxylic acids is 1. The first kappa shape index (κ1) is 20.7. The van der Waals surface area contributed by atoms with Gasteiger partial charge >= 0.3 is 0 Å². The van der Waals surface area contributed by atoms with Gasteiger partial charge in [0, 0.05) is 64.1 Å². The highest BCUT2D eigenvalue weighted by Gasteiger charge is 2.33. The first-order chi connectivity index (χ1) is 16.3. The molecule has 0 unspecified atom stereocenters. The number of carbonyl (C=O) groups is 1. The Hall–Kier alpha value is -2.93. The zero-order valence-electron chi connectivity index (χ0n) is 19.1. The highest BCUT2D eigenvalue weighted by atomic mass is 16.2. The van der Waals surface area contributed by atoms with Crippen LogP contribution in [0.3, 0.4) is 0 Å². The molecule has 7 nitrogen and oxygen atoms in total. The molecule has 172 valence electrons. The number of imidazole rings is 1. The number of pyridine rings is 2. The van der Waals surface area contributed by atoms with Gasteiger partial charge in [-0.15, -0.1) is 0 Å². The van der Waals surface area contributed by atoms with Crippen molar-refractivity contribution in [1.29, 1.82) is 0 Å². The lowest BCUT2D eigenvalue weighted by Crippen LogP contribution is -2.50. The molecule has 0 aromatic carbocycles. The molecule has 0 bridgehead atoms. The monoisotopic (exact) mass is 444 g/mol. The van der Waals surface area contributed by atoms with E-state index in [1.54, 1.807) is 0 Å². The first-order valence-corrected chi connectivity index (χ1v) is 12.4. The quantitative estimate of drug-likeness (QED) is 0.605. The van der Waals surface area contributed by atoms with Gasteiger partial charge in [0.2, 0.25) is 0 Å². The lowest BCUT2D eigenvalue weighted by atomic mass is 9.96. The maximum absolute atomic E-state index is 13.5. The van der Waals surface area contributed by atoms with Crippen molar-refractivity contribution in [2.24, 2.45) is 5.92 Å². The van der Waals surface area contributed by atoms with Gasteiger partial charge in [0.25, 0.3) is 5.91 Å². The second-order valence-corrected chi connectivity index (χ2v) is 9.78. The fourth-order valence-corrected chi connectivity index (χ4v) is 5.46. The molecular formula is C26H32N6O. The molecule has 2 saturated heterocycles. The van der Waals surface area contributed by atoms with Gasteiger partial charge in [-0.05, 0) is 55.9 Å². The molecule has 3 aromatic rings. The Labute approximate surface area is 195 Å². The smallest absolute Gasteiger partial charge is 0.274 e. The summed E-state index contributed by atoms with van der Waals surface area (Å²) in [4.78, 5) is 29.9. The Morgan fingerprint density at radius 2 is 1.82 bits per heavy atom. The highest BCUT2D eigenvalue weighted by molar-refractivity contribution is 5.99. The zero-order valence-corrected chi connectivity index (χ0v) is 19.1. The summed E-state index contributed by atoms with van der Waals surface area (Å²) in [6.07, 6.45) is 8.55. The molecule has 0 N–H and O–H groups in total. The standard InChI is InChI=1S/C26H32N6O/c33-26(24-22-7-2-4-13-32(22)25(28-24)21-9-10-21)31-12-5-6-20(19-31)18-29-14-16-30(17-15-29)23-8-1-3-11-27-23/h1-4,7-8,11,13,20-21H,5-6,9-10,12,14-19H2/t20-/m0/s1. The van der Waals surface area contributed by atoms with Crippen molar-refractivity contribution in [3.8, 4) is 0 Å². The van der Waals surface area contributed by atoms with Gasteiger partial charge in [-0.2, -0.15) is 0 Å². The van der Waals surface area contributed by atoms with Gasteiger partial charge in [0.05, 0.1) is 5.52 Å². The summed E-state index contributed by atoms with van der Waals surface area (Å²) < 4.78 is 2.13. The van der Waals surface area contributed by atoms with Crippen LogP contribution in [0.5, 0.6) is 0 Å². The number of fused-ring (bicyclic) bond motifs is 1. The van der Waals surface area contributed by atoms with Gasteiger partial charge in [-0.3, -0.25) is 9.69 Å². The molecule has 3 aromatic heterocycles. The summed E-state index contributed by atoms with van der Waals surface area (Å²) >= 11 is 0. The lowest BCUT2D eigenvalue weighted by molar-refractivity contribution is 0.0634. The molecule has 1 atom stereocenters. The molecule has 2 aliphatic heterocycles. The first-order valence-electron chi connectivity index (χ1n) is 12.4. The van der Waals surface area contributed by atoms with E-state index in [0.29, 0.717) is 17.5 Å². The average molecular weight is 445 g/mol. The molecule has 7 heteroatoms. The van der Waals surface area contributed by atoms with Crippen molar-refractivity contribution in [1.82, 2.24) is 24.2 Å². The van der Waals surface area contributed by atoms with E-state index in [0.717, 1.165) is 69.4 Å². The molecule has 3 fully saturated rings. The number of rotatable bonds is 5. The number of piperazine rings is 1. The van der Waals surface area contributed by atoms with Crippen molar-refractivity contribution in [2.75, 3.05) is 50.7 Å². The van der Waals surface area contributed by atoms with Crippen molar-refractivity contribution in [2.45, 2.75) is 31.6 Å². The Morgan fingerprint density at radius 3 is 2.61 bits per heavy atom. The van der Waals surface area contributed by atoms with Crippen LogP contribution >= 0.6 is 0 Å².